The first-order valence-electron chi connectivity index (χ1n) is 7.38. The number of rotatable bonds is 7. The SMILES string of the molecule is O[C@@H](CC#CCOCc1ccccc1)COc1ccc(F)cc1. The van der Waals surface area contributed by atoms with Gasteiger partial charge in [-0.25, -0.2) is 4.39 Å². The van der Waals surface area contributed by atoms with Crippen molar-refractivity contribution in [3.63, 3.8) is 0 Å². The van der Waals surface area contributed by atoms with Crippen molar-refractivity contribution in [2.24, 2.45) is 0 Å². The Bertz CT molecular complexity index is 629. The first-order chi connectivity index (χ1) is 11.2. The van der Waals surface area contributed by atoms with Crippen LogP contribution in [0, 0.1) is 17.7 Å². The number of hydrogen-bond donors (Lipinski definition) is 1. The van der Waals surface area contributed by atoms with E-state index in [1.54, 1.807) is 0 Å². The topological polar surface area (TPSA) is 38.7 Å². The van der Waals surface area contributed by atoms with Gasteiger partial charge in [-0.1, -0.05) is 42.2 Å². The van der Waals surface area contributed by atoms with Gasteiger partial charge in [-0.05, 0) is 29.8 Å². The molecular formula is C19H19FO3. The second kappa shape index (κ2) is 9.62. The summed E-state index contributed by atoms with van der Waals surface area (Å²) in [5.74, 6) is 5.90. The van der Waals surface area contributed by atoms with Crippen LogP contribution in [0.25, 0.3) is 0 Å². The summed E-state index contributed by atoms with van der Waals surface area (Å²) in [4.78, 5) is 0. The number of benzene rings is 2. The van der Waals surface area contributed by atoms with Crippen molar-refractivity contribution in [1.82, 2.24) is 0 Å². The fraction of sp³-hybridized carbons (Fsp3) is 0.263. The lowest BCUT2D eigenvalue weighted by atomic mass is 10.2. The average molecular weight is 314 g/mol. The van der Waals surface area contributed by atoms with E-state index in [0.29, 0.717) is 25.4 Å². The Balaban J connectivity index is 1.59. The van der Waals surface area contributed by atoms with E-state index in [1.165, 1.54) is 24.3 Å². The van der Waals surface area contributed by atoms with Crippen molar-refractivity contribution < 1.29 is 19.0 Å². The molecule has 0 aliphatic heterocycles. The zero-order valence-electron chi connectivity index (χ0n) is 12.7. The van der Waals surface area contributed by atoms with Crippen LogP contribution in [0.2, 0.25) is 0 Å². The van der Waals surface area contributed by atoms with Crippen LogP contribution >= 0.6 is 0 Å². The van der Waals surface area contributed by atoms with Crippen LogP contribution in [0.5, 0.6) is 5.75 Å². The van der Waals surface area contributed by atoms with E-state index in [2.05, 4.69) is 11.8 Å². The smallest absolute Gasteiger partial charge is 0.123 e. The molecule has 0 aliphatic rings. The maximum atomic E-state index is 12.7. The van der Waals surface area contributed by atoms with E-state index < -0.39 is 6.10 Å². The lowest BCUT2D eigenvalue weighted by molar-refractivity contribution is 0.111. The van der Waals surface area contributed by atoms with E-state index >= 15 is 0 Å². The van der Waals surface area contributed by atoms with Crippen LogP contribution < -0.4 is 4.74 Å². The van der Waals surface area contributed by atoms with E-state index in [-0.39, 0.29) is 12.4 Å². The summed E-state index contributed by atoms with van der Waals surface area (Å²) in [5.41, 5.74) is 1.10. The number of aliphatic hydroxyl groups excluding tert-OH is 1. The van der Waals surface area contributed by atoms with E-state index in [1.807, 2.05) is 30.3 Å². The molecule has 1 atom stereocenters. The zero-order chi connectivity index (χ0) is 16.3. The summed E-state index contributed by atoms with van der Waals surface area (Å²) < 4.78 is 23.5. The third-order valence-electron chi connectivity index (χ3n) is 3.00. The van der Waals surface area contributed by atoms with Crippen LogP contribution in [0.1, 0.15) is 12.0 Å². The molecule has 3 nitrogen and oxygen atoms in total. The molecule has 0 heterocycles. The van der Waals surface area contributed by atoms with Gasteiger partial charge in [0.05, 0.1) is 12.7 Å². The van der Waals surface area contributed by atoms with Crippen LogP contribution in [0.4, 0.5) is 4.39 Å². The molecule has 4 heteroatoms. The van der Waals surface area contributed by atoms with Gasteiger partial charge < -0.3 is 14.6 Å². The minimum atomic E-state index is -0.693. The number of aliphatic hydroxyl groups is 1. The van der Waals surface area contributed by atoms with Gasteiger partial charge in [0.1, 0.15) is 24.8 Å². The lowest BCUT2D eigenvalue weighted by Gasteiger charge is -2.09. The Hall–Kier alpha value is -2.35. The summed E-state index contributed by atoms with van der Waals surface area (Å²) in [7, 11) is 0. The van der Waals surface area contributed by atoms with Crippen molar-refractivity contribution in [3.8, 4) is 17.6 Å². The Morgan fingerprint density at radius 2 is 1.74 bits per heavy atom. The molecule has 0 unspecified atom stereocenters. The monoisotopic (exact) mass is 314 g/mol. The standard InChI is InChI=1S/C19H19FO3/c20-17-9-11-19(12-10-17)23-15-18(21)8-4-5-13-22-14-16-6-2-1-3-7-16/h1-3,6-7,9-12,18,21H,8,13-15H2/t18-/m0/s1. The largest absolute Gasteiger partial charge is 0.491 e. The molecule has 0 amide bonds. The van der Waals surface area contributed by atoms with Crippen molar-refractivity contribution >= 4 is 0 Å². The molecule has 0 bridgehead atoms. The summed E-state index contributed by atoms with van der Waals surface area (Å²) in [6.07, 6.45) is -0.391. The van der Waals surface area contributed by atoms with Crippen LogP contribution in [-0.4, -0.2) is 24.4 Å². The molecule has 0 radical (unpaired) electrons. The second-order valence-corrected chi connectivity index (χ2v) is 4.95. The van der Waals surface area contributed by atoms with Crippen molar-refractivity contribution in [2.75, 3.05) is 13.2 Å². The van der Waals surface area contributed by atoms with Gasteiger partial charge in [0.15, 0.2) is 0 Å². The first kappa shape index (κ1) is 17.0. The number of halogens is 1. The summed E-state index contributed by atoms with van der Waals surface area (Å²) >= 11 is 0. The average Bonchev–Trinajstić information content (AvgIpc) is 2.58. The molecule has 2 aromatic rings. The first-order valence-corrected chi connectivity index (χ1v) is 7.38. The quantitative estimate of drug-likeness (QED) is 0.630. The maximum absolute atomic E-state index is 12.7. The van der Waals surface area contributed by atoms with Crippen molar-refractivity contribution in [3.05, 3.63) is 66.0 Å². The highest BCUT2D eigenvalue weighted by atomic mass is 19.1. The normalized spacial score (nSPS) is 11.4. The third-order valence-corrected chi connectivity index (χ3v) is 3.00. The summed E-state index contributed by atoms with van der Waals surface area (Å²) in [6.45, 7) is 0.956. The molecule has 0 fully saturated rings. The van der Waals surface area contributed by atoms with Gasteiger partial charge >= 0.3 is 0 Å². The molecular weight excluding hydrogens is 295 g/mol. The highest BCUT2D eigenvalue weighted by Gasteiger charge is 2.03. The van der Waals surface area contributed by atoms with Crippen LogP contribution in [-0.2, 0) is 11.3 Å². The zero-order valence-corrected chi connectivity index (χ0v) is 12.7. The summed E-state index contributed by atoms with van der Waals surface area (Å²) in [6, 6.07) is 15.5. The predicted molar refractivity (Wildman–Crippen MR) is 86.4 cm³/mol. The fourth-order valence-corrected chi connectivity index (χ4v) is 1.82. The Kier molecular flexibility index (Phi) is 7.12. The highest BCUT2D eigenvalue weighted by Crippen LogP contribution is 2.11. The van der Waals surface area contributed by atoms with Gasteiger partial charge in [0.25, 0.3) is 0 Å². The van der Waals surface area contributed by atoms with Gasteiger partial charge in [0, 0.05) is 6.42 Å². The minimum Gasteiger partial charge on any atom is -0.491 e. The molecule has 0 aromatic heterocycles. The molecule has 120 valence electrons. The number of ether oxygens (including phenoxy) is 2. The Morgan fingerprint density at radius 3 is 2.48 bits per heavy atom. The van der Waals surface area contributed by atoms with Crippen LogP contribution in [0.15, 0.2) is 54.6 Å². The Morgan fingerprint density at radius 1 is 1.00 bits per heavy atom. The van der Waals surface area contributed by atoms with Crippen molar-refractivity contribution in [2.45, 2.75) is 19.1 Å². The fourth-order valence-electron chi connectivity index (χ4n) is 1.82. The van der Waals surface area contributed by atoms with Gasteiger partial charge in [-0.15, -0.1) is 0 Å². The van der Waals surface area contributed by atoms with E-state index in [0.717, 1.165) is 5.56 Å². The van der Waals surface area contributed by atoms with E-state index in [9.17, 15) is 9.50 Å². The van der Waals surface area contributed by atoms with Gasteiger partial charge in [-0.2, -0.15) is 0 Å². The molecule has 2 aromatic carbocycles. The molecule has 0 saturated carbocycles. The Labute approximate surface area is 135 Å². The molecule has 1 N–H and O–H groups in total. The van der Waals surface area contributed by atoms with Gasteiger partial charge in [-0.3, -0.25) is 0 Å². The molecule has 0 saturated heterocycles. The second-order valence-electron chi connectivity index (χ2n) is 4.95. The minimum absolute atomic E-state index is 0.116. The summed E-state index contributed by atoms with van der Waals surface area (Å²) in [5, 5.41) is 9.76. The van der Waals surface area contributed by atoms with E-state index in [4.69, 9.17) is 9.47 Å². The van der Waals surface area contributed by atoms with Crippen LogP contribution in [0.3, 0.4) is 0 Å². The molecule has 0 aliphatic carbocycles. The number of hydrogen-bond acceptors (Lipinski definition) is 3. The molecule has 23 heavy (non-hydrogen) atoms. The van der Waals surface area contributed by atoms with Gasteiger partial charge in [0.2, 0.25) is 0 Å². The highest BCUT2D eigenvalue weighted by molar-refractivity contribution is 5.22. The maximum Gasteiger partial charge on any atom is 0.123 e. The predicted octanol–water partition coefficient (Wildman–Crippen LogP) is 3.18. The molecule has 2 rings (SSSR count). The lowest BCUT2D eigenvalue weighted by Crippen LogP contribution is -2.16. The molecule has 0 spiro atoms. The third kappa shape index (κ3) is 6.96. The van der Waals surface area contributed by atoms with Crippen molar-refractivity contribution in [1.29, 1.82) is 0 Å².